The standard InChI is InChI=1S/C12H16O4/c13-7-6-11-10(14)8-15-12(16-11)9-4-2-1-3-5-9/h1-5,10-14H,6-8H2/t10-,11-,12?/m1/s1. The Morgan fingerprint density at radius 2 is 2.00 bits per heavy atom. The molecule has 1 aromatic carbocycles. The van der Waals surface area contributed by atoms with Crippen molar-refractivity contribution < 1.29 is 19.7 Å². The largest absolute Gasteiger partial charge is 0.396 e. The lowest BCUT2D eigenvalue weighted by Gasteiger charge is -2.33. The Kier molecular flexibility index (Phi) is 3.90. The highest BCUT2D eigenvalue weighted by atomic mass is 16.7. The van der Waals surface area contributed by atoms with Crippen molar-refractivity contribution in [1.82, 2.24) is 0 Å². The van der Waals surface area contributed by atoms with Crippen molar-refractivity contribution in [3.8, 4) is 0 Å². The molecule has 1 aromatic rings. The van der Waals surface area contributed by atoms with Crippen LogP contribution in [0.4, 0.5) is 0 Å². The molecule has 1 aliphatic heterocycles. The summed E-state index contributed by atoms with van der Waals surface area (Å²) in [6.07, 6.45) is -1.04. The van der Waals surface area contributed by atoms with Gasteiger partial charge in [0.25, 0.3) is 0 Å². The van der Waals surface area contributed by atoms with Gasteiger partial charge < -0.3 is 19.7 Å². The van der Waals surface area contributed by atoms with Gasteiger partial charge in [-0.1, -0.05) is 30.3 Å². The van der Waals surface area contributed by atoms with Gasteiger partial charge in [0.1, 0.15) is 6.10 Å². The Morgan fingerprint density at radius 1 is 1.25 bits per heavy atom. The first-order valence-corrected chi connectivity index (χ1v) is 5.42. The summed E-state index contributed by atoms with van der Waals surface area (Å²) in [5, 5.41) is 18.5. The highest BCUT2D eigenvalue weighted by molar-refractivity contribution is 5.16. The number of hydrogen-bond donors (Lipinski definition) is 2. The second-order valence-electron chi connectivity index (χ2n) is 3.83. The second kappa shape index (κ2) is 5.41. The summed E-state index contributed by atoms with van der Waals surface area (Å²) in [5.74, 6) is 0. The van der Waals surface area contributed by atoms with Crippen LogP contribution in [0.2, 0.25) is 0 Å². The molecule has 1 aliphatic rings. The number of aliphatic hydroxyl groups excluding tert-OH is 2. The van der Waals surface area contributed by atoms with E-state index >= 15 is 0 Å². The zero-order valence-corrected chi connectivity index (χ0v) is 8.95. The maximum absolute atomic E-state index is 9.60. The third kappa shape index (κ3) is 2.59. The van der Waals surface area contributed by atoms with E-state index in [1.807, 2.05) is 30.3 Å². The van der Waals surface area contributed by atoms with Crippen molar-refractivity contribution in [3.05, 3.63) is 35.9 Å². The highest BCUT2D eigenvalue weighted by Crippen LogP contribution is 2.27. The van der Waals surface area contributed by atoms with Crippen molar-refractivity contribution in [3.63, 3.8) is 0 Å². The first kappa shape index (κ1) is 11.5. The predicted octanol–water partition coefficient (Wildman–Crippen LogP) is 0.844. The van der Waals surface area contributed by atoms with Crippen LogP contribution in [0.3, 0.4) is 0 Å². The van der Waals surface area contributed by atoms with E-state index in [-0.39, 0.29) is 19.3 Å². The van der Waals surface area contributed by atoms with Gasteiger partial charge >= 0.3 is 0 Å². The fourth-order valence-electron chi connectivity index (χ4n) is 1.75. The Bertz CT molecular complexity index is 314. The fraction of sp³-hybridized carbons (Fsp3) is 0.500. The lowest BCUT2D eigenvalue weighted by Crippen LogP contribution is -2.40. The van der Waals surface area contributed by atoms with Crippen molar-refractivity contribution >= 4 is 0 Å². The van der Waals surface area contributed by atoms with Crippen LogP contribution in [0.25, 0.3) is 0 Å². The summed E-state index contributed by atoms with van der Waals surface area (Å²) in [6, 6.07) is 9.57. The number of ether oxygens (including phenoxy) is 2. The molecule has 0 amide bonds. The molecule has 2 N–H and O–H groups in total. The molecule has 2 rings (SSSR count). The lowest BCUT2D eigenvalue weighted by molar-refractivity contribution is -0.258. The van der Waals surface area contributed by atoms with Crippen LogP contribution < -0.4 is 0 Å². The maximum atomic E-state index is 9.60. The van der Waals surface area contributed by atoms with Crippen LogP contribution >= 0.6 is 0 Å². The molecule has 0 spiro atoms. The van der Waals surface area contributed by atoms with Crippen molar-refractivity contribution in [2.75, 3.05) is 13.2 Å². The van der Waals surface area contributed by atoms with E-state index in [1.165, 1.54) is 0 Å². The van der Waals surface area contributed by atoms with Gasteiger partial charge in [0.15, 0.2) is 6.29 Å². The van der Waals surface area contributed by atoms with Gasteiger partial charge in [-0.2, -0.15) is 0 Å². The zero-order valence-electron chi connectivity index (χ0n) is 8.95. The maximum Gasteiger partial charge on any atom is 0.184 e. The number of benzene rings is 1. The molecule has 16 heavy (non-hydrogen) atoms. The van der Waals surface area contributed by atoms with Crippen LogP contribution in [-0.4, -0.2) is 35.6 Å². The zero-order chi connectivity index (χ0) is 11.4. The third-order valence-corrected chi connectivity index (χ3v) is 2.63. The Labute approximate surface area is 94.4 Å². The minimum atomic E-state index is -0.660. The molecule has 0 saturated carbocycles. The second-order valence-corrected chi connectivity index (χ2v) is 3.83. The molecule has 1 unspecified atom stereocenters. The van der Waals surface area contributed by atoms with E-state index in [0.717, 1.165) is 5.56 Å². The molecule has 0 radical (unpaired) electrons. The summed E-state index contributed by atoms with van der Waals surface area (Å²) in [5.41, 5.74) is 0.928. The molecule has 0 aliphatic carbocycles. The predicted molar refractivity (Wildman–Crippen MR) is 57.7 cm³/mol. The topological polar surface area (TPSA) is 58.9 Å². The number of aliphatic hydroxyl groups is 2. The molecule has 1 saturated heterocycles. The summed E-state index contributed by atoms with van der Waals surface area (Å²) in [7, 11) is 0. The lowest BCUT2D eigenvalue weighted by atomic mass is 10.1. The molecule has 1 heterocycles. The highest BCUT2D eigenvalue weighted by Gasteiger charge is 2.30. The van der Waals surface area contributed by atoms with E-state index in [9.17, 15) is 5.11 Å². The van der Waals surface area contributed by atoms with E-state index in [0.29, 0.717) is 6.42 Å². The number of hydrogen-bond acceptors (Lipinski definition) is 4. The van der Waals surface area contributed by atoms with Crippen LogP contribution in [0, 0.1) is 0 Å². The first-order chi connectivity index (χ1) is 7.81. The van der Waals surface area contributed by atoms with E-state index in [1.54, 1.807) is 0 Å². The number of rotatable bonds is 3. The Balaban J connectivity index is 2.03. The van der Waals surface area contributed by atoms with E-state index in [4.69, 9.17) is 14.6 Å². The molecule has 0 bridgehead atoms. The van der Waals surface area contributed by atoms with Crippen LogP contribution in [0.1, 0.15) is 18.3 Å². The van der Waals surface area contributed by atoms with Crippen LogP contribution in [0.5, 0.6) is 0 Å². The fourth-order valence-corrected chi connectivity index (χ4v) is 1.75. The Hall–Kier alpha value is -0.940. The normalized spacial score (nSPS) is 30.2. The molecule has 0 aromatic heterocycles. The summed E-state index contributed by atoms with van der Waals surface area (Å²) >= 11 is 0. The van der Waals surface area contributed by atoms with Gasteiger partial charge in [-0.15, -0.1) is 0 Å². The van der Waals surface area contributed by atoms with Crippen LogP contribution in [0.15, 0.2) is 30.3 Å². The Morgan fingerprint density at radius 3 is 2.69 bits per heavy atom. The molecular formula is C12H16O4. The quantitative estimate of drug-likeness (QED) is 0.799. The van der Waals surface area contributed by atoms with Crippen molar-refractivity contribution in [2.24, 2.45) is 0 Å². The van der Waals surface area contributed by atoms with E-state index < -0.39 is 12.4 Å². The third-order valence-electron chi connectivity index (χ3n) is 2.63. The smallest absolute Gasteiger partial charge is 0.184 e. The van der Waals surface area contributed by atoms with Gasteiger partial charge in [0.05, 0.1) is 12.7 Å². The van der Waals surface area contributed by atoms with Gasteiger partial charge in [0.2, 0.25) is 0 Å². The van der Waals surface area contributed by atoms with Gasteiger partial charge in [0, 0.05) is 12.2 Å². The molecule has 1 fully saturated rings. The minimum Gasteiger partial charge on any atom is -0.396 e. The molecule has 3 atom stereocenters. The monoisotopic (exact) mass is 224 g/mol. The van der Waals surface area contributed by atoms with Gasteiger partial charge in [-0.25, -0.2) is 0 Å². The van der Waals surface area contributed by atoms with Gasteiger partial charge in [-0.3, -0.25) is 0 Å². The first-order valence-electron chi connectivity index (χ1n) is 5.42. The van der Waals surface area contributed by atoms with Gasteiger partial charge in [-0.05, 0) is 6.42 Å². The summed E-state index contributed by atoms with van der Waals surface area (Å²) in [4.78, 5) is 0. The SMILES string of the molecule is OCC[C@H]1OC(c2ccccc2)OC[C@H]1O. The molecular weight excluding hydrogens is 208 g/mol. The van der Waals surface area contributed by atoms with Crippen LogP contribution in [-0.2, 0) is 9.47 Å². The minimum absolute atomic E-state index is 0.00321. The van der Waals surface area contributed by atoms with Crippen molar-refractivity contribution in [2.45, 2.75) is 24.9 Å². The summed E-state index contributed by atoms with van der Waals surface area (Å²) < 4.78 is 11.0. The van der Waals surface area contributed by atoms with Crippen molar-refractivity contribution in [1.29, 1.82) is 0 Å². The average Bonchev–Trinajstić information content (AvgIpc) is 2.33. The summed E-state index contributed by atoms with van der Waals surface area (Å²) in [6.45, 7) is 0.244. The molecule has 4 heteroatoms. The average molecular weight is 224 g/mol. The molecule has 4 nitrogen and oxygen atoms in total. The van der Waals surface area contributed by atoms with E-state index in [2.05, 4.69) is 0 Å². The molecule has 88 valence electrons.